The second kappa shape index (κ2) is 4.85. The van der Waals surface area contributed by atoms with E-state index in [9.17, 15) is 4.79 Å². The molecule has 0 spiro atoms. The Morgan fingerprint density at radius 2 is 1.90 bits per heavy atom. The van der Waals surface area contributed by atoms with Gasteiger partial charge in [0, 0.05) is 11.5 Å². The molecule has 0 aliphatic heterocycles. The maximum atomic E-state index is 11.7. The smallest absolute Gasteiger partial charge is 0.336 e. The molecule has 3 heteroatoms. The zero-order chi connectivity index (χ0) is 14.1. The summed E-state index contributed by atoms with van der Waals surface area (Å²) in [7, 11) is 1.63. The van der Waals surface area contributed by atoms with Crippen LogP contribution in [0.5, 0.6) is 5.75 Å². The summed E-state index contributed by atoms with van der Waals surface area (Å²) in [6.07, 6.45) is 0. The number of hydrogen-bond acceptors (Lipinski definition) is 3. The SMILES string of the molecule is COc1cccc(-c2cc(=O)oc3ccc(C)cc23)c1. The first-order chi connectivity index (χ1) is 9.67. The molecule has 0 radical (unpaired) electrons. The van der Waals surface area contributed by atoms with Gasteiger partial charge in [-0.1, -0.05) is 23.8 Å². The van der Waals surface area contributed by atoms with Gasteiger partial charge in [-0.05, 0) is 42.3 Å². The van der Waals surface area contributed by atoms with Crippen molar-refractivity contribution in [2.24, 2.45) is 0 Å². The van der Waals surface area contributed by atoms with Crippen molar-refractivity contribution >= 4 is 11.0 Å². The van der Waals surface area contributed by atoms with E-state index in [4.69, 9.17) is 9.15 Å². The normalized spacial score (nSPS) is 10.7. The van der Waals surface area contributed by atoms with Crippen LogP contribution in [0.25, 0.3) is 22.1 Å². The fourth-order valence-electron chi connectivity index (χ4n) is 2.31. The lowest BCUT2D eigenvalue weighted by Crippen LogP contribution is -1.98. The largest absolute Gasteiger partial charge is 0.497 e. The van der Waals surface area contributed by atoms with E-state index < -0.39 is 0 Å². The van der Waals surface area contributed by atoms with E-state index >= 15 is 0 Å². The van der Waals surface area contributed by atoms with Gasteiger partial charge >= 0.3 is 5.63 Å². The van der Waals surface area contributed by atoms with Crippen molar-refractivity contribution in [1.82, 2.24) is 0 Å². The Morgan fingerprint density at radius 1 is 1.05 bits per heavy atom. The van der Waals surface area contributed by atoms with Crippen molar-refractivity contribution in [2.75, 3.05) is 7.11 Å². The predicted molar refractivity (Wildman–Crippen MR) is 79.2 cm³/mol. The third-order valence-electron chi connectivity index (χ3n) is 3.28. The van der Waals surface area contributed by atoms with E-state index in [0.29, 0.717) is 5.58 Å². The zero-order valence-corrected chi connectivity index (χ0v) is 11.3. The Hall–Kier alpha value is -2.55. The highest BCUT2D eigenvalue weighted by atomic mass is 16.5. The van der Waals surface area contributed by atoms with Crippen LogP contribution in [0.1, 0.15) is 5.56 Å². The first-order valence-corrected chi connectivity index (χ1v) is 6.36. The van der Waals surface area contributed by atoms with Gasteiger partial charge < -0.3 is 9.15 Å². The van der Waals surface area contributed by atoms with Crippen molar-refractivity contribution in [3.05, 3.63) is 64.5 Å². The van der Waals surface area contributed by atoms with Crippen LogP contribution in [0.3, 0.4) is 0 Å². The van der Waals surface area contributed by atoms with Crippen molar-refractivity contribution in [3.8, 4) is 16.9 Å². The fraction of sp³-hybridized carbons (Fsp3) is 0.118. The lowest BCUT2D eigenvalue weighted by Gasteiger charge is -2.08. The standard InChI is InChI=1S/C17H14O3/c1-11-6-7-16-15(8-11)14(10-17(18)20-16)12-4-3-5-13(9-12)19-2/h3-10H,1-2H3. The maximum Gasteiger partial charge on any atom is 0.336 e. The van der Waals surface area contributed by atoms with E-state index in [0.717, 1.165) is 27.8 Å². The number of fused-ring (bicyclic) bond motifs is 1. The molecule has 0 saturated heterocycles. The zero-order valence-electron chi connectivity index (χ0n) is 11.3. The third-order valence-corrected chi connectivity index (χ3v) is 3.28. The summed E-state index contributed by atoms with van der Waals surface area (Å²) >= 11 is 0. The highest BCUT2D eigenvalue weighted by Gasteiger charge is 2.08. The van der Waals surface area contributed by atoms with Crippen molar-refractivity contribution < 1.29 is 9.15 Å². The van der Waals surface area contributed by atoms with Gasteiger partial charge in [-0.15, -0.1) is 0 Å². The van der Waals surface area contributed by atoms with E-state index in [1.54, 1.807) is 7.11 Å². The molecule has 0 fully saturated rings. The van der Waals surface area contributed by atoms with E-state index in [-0.39, 0.29) is 5.63 Å². The second-order valence-electron chi connectivity index (χ2n) is 4.71. The molecular weight excluding hydrogens is 252 g/mol. The van der Waals surface area contributed by atoms with Crippen molar-refractivity contribution in [2.45, 2.75) is 6.92 Å². The summed E-state index contributed by atoms with van der Waals surface area (Å²) in [5.41, 5.74) is 3.17. The van der Waals surface area contributed by atoms with Crippen LogP contribution in [0, 0.1) is 6.92 Å². The van der Waals surface area contributed by atoms with Gasteiger partial charge in [0.1, 0.15) is 11.3 Å². The van der Waals surface area contributed by atoms with Gasteiger partial charge in [-0.25, -0.2) is 4.79 Å². The molecule has 0 atom stereocenters. The lowest BCUT2D eigenvalue weighted by molar-refractivity contribution is 0.415. The molecule has 100 valence electrons. The van der Waals surface area contributed by atoms with Crippen molar-refractivity contribution in [1.29, 1.82) is 0 Å². The van der Waals surface area contributed by atoms with Gasteiger partial charge in [0.05, 0.1) is 7.11 Å². The highest BCUT2D eigenvalue weighted by molar-refractivity contribution is 5.93. The van der Waals surface area contributed by atoms with E-state index in [1.807, 2.05) is 49.4 Å². The fourth-order valence-corrected chi connectivity index (χ4v) is 2.31. The van der Waals surface area contributed by atoms with Crippen LogP contribution in [0.15, 0.2) is 57.7 Å². The number of ether oxygens (including phenoxy) is 1. The second-order valence-corrected chi connectivity index (χ2v) is 4.71. The number of hydrogen-bond donors (Lipinski definition) is 0. The average Bonchev–Trinajstić information content (AvgIpc) is 2.47. The minimum absolute atomic E-state index is 0.348. The lowest BCUT2D eigenvalue weighted by atomic mass is 10.0. The minimum Gasteiger partial charge on any atom is -0.497 e. The van der Waals surface area contributed by atoms with Gasteiger partial charge in [-0.2, -0.15) is 0 Å². The Kier molecular flexibility index (Phi) is 3.03. The molecule has 3 rings (SSSR count). The number of methoxy groups -OCH3 is 1. The molecule has 0 unspecified atom stereocenters. The van der Waals surface area contributed by atoms with E-state index in [1.165, 1.54) is 6.07 Å². The van der Waals surface area contributed by atoms with Crippen LogP contribution in [-0.4, -0.2) is 7.11 Å². The van der Waals surface area contributed by atoms with Crippen LogP contribution in [0.2, 0.25) is 0 Å². The van der Waals surface area contributed by atoms with Crippen LogP contribution in [0.4, 0.5) is 0 Å². The van der Waals surface area contributed by atoms with Crippen LogP contribution < -0.4 is 10.4 Å². The molecule has 3 nitrogen and oxygen atoms in total. The van der Waals surface area contributed by atoms with Crippen LogP contribution >= 0.6 is 0 Å². The van der Waals surface area contributed by atoms with Crippen molar-refractivity contribution in [3.63, 3.8) is 0 Å². The molecule has 3 aromatic rings. The molecule has 0 amide bonds. The molecule has 1 aromatic heterocycles. The molecule has 0 bridgehead atoms. The average molecular weight is 266 g/mol. The van der Waals surface area contributed by atoms with E-state index in [2.05, 4.69) is 0 Å². The highest BCUT2D eigenvalue weighted by Crippen LogP contribution is 2.30. The monoisotopic (exact) mass is 266 g/mol. The quantitative estimate of drug-likeness (QED) is 0.663. The summed E-state index contributed by atoms with van der Waals surface area (Å²) in [5, 5.41) is 0.929. The Morgan fingerprint density at radius 3 is 2.70 bits per heavy atom. The topological polar surface area (TPSA) is 39.4 Å². The Balaban J connectivity index is 2.34. The van der Waals surface area contributed by atoms with Gasteiger partial charge in [-0.3, -0.25) is 0 Å². The third kappa shape index (κ3) is 2.18. The molecular formula is C17H14O3. The summed E-state index contributed by atoms with van der Waals surface area (Å²) < 4.78 is 10.5. The molecule has 0 aliphatic carbocycles. The van der Waals surface area contributed by atoms with Gasteiger partial charge in [0.2, 0.25) is 0 Å². The minimum atomic E-state index is -0.348. The Labute approximate surface area is 116 Å². The molecule has 0 N–H and O–H groups in total. The summed E-state index contributed by atoms with van der Waals surface area (Å²) in [6, 6.07) is 15.0. The summed E-state index contributed by atoms with van der Waals surface area (Å²) in [5.74, 6) is 0.761. The molecule has 0 saturated carbocycles. The summed E-state index contributed by atoms with van der Waals surface area (Å²) in [4.78, 5) is 11.7. The maximum absolute atomic E-state index is 11.7. The molecule has 2 aromatic carbocycles. The summed E-state index contributed by atoms with van der Waals surface area (Å²) in [6.45, 7) is 2.01. The first-order valence-electron chi connectivity index (χ1n) is 6.36. The van der Waals surface area contributed by atoms with Crippen LogP contribution in [-0.2, 0) is 0 Å². The molecule has 0 aliphatic rings. The van der Waals surface area contributed by atoms with Gasteiger partial charge in [0.15, 0.2) is 0 Å². The number of benzene rings is 2. The number of rotatable bonds is 2. The first kappa shape index (κ1) is 12.5. The molecule has 20 heavy (non-hydrogen) atoms. The molecule has 1 heterocycles. The Bertz CT molecular complexity index is 831. The predicted octanol–water partition coefficient (Wildman–Crippen LogP) is 3.78. The number of aryl methyl sites for hydroxylation is 1. The van der Waals surface area contributed by atoms with Gasteiger partial charge in [0.25, 0.3) is 0 Å².